The molecule has 94 valence electrons. The SMILES string of the molecule is C[C@H](Cn1cccn1)NC(=O)Nc1ccccc1. The van der Waals surface area contributed by atoms with E-state index in [1.165, 1.54) is 0 Å². The first-order valence-electron chi connectivity index (χ1n) is 5.84. The second kappa shape index (κ2) is 5.86. The van der Waals surface area contributed by atoms with Gasteiger partial charge in [0.1, 0.15) is 0 Å². The lowest BCUT2D eigenvalue weighted by Crippen LogP contribution is -2.38. The van der Waals surface area contributed by atoms with Crippen LogP contribution in [0.5, 0.6) is 0 Å². The van der Waals surface area contributed by atoms with Crippen LogP contribution in [0.15, 0.2) is 48.8 Å². The molecule has 2 amide bonds. The number of aromatic nitrogens is 2. The maximum Gasteiger partial charge on any atom is 0.319 e. The number of hydrogen-bond acceptors (Lipinski definition) is 2. The molecule has 2 N–H and O–H groups in total. The standard InChI is InChI=1S/C13H16N4O/c1-11(10-17-9-5-8-14-17)15-13(18)16-12-6-3-2-4-7-12/h2-9,11H,10H2,1H3,(H2,15,16,18)/t11-/m1/s1. The molecule has 2 aromatic rings. The van der Waals surface area contributed by atoms with E-state index in [1.807, 2.05) is 49.5 Å². The van der Waals surface area contributed by atoms with Gasteiger partial charge in [-0.1, -0.05) is 18.2 Å². The lowest BCUT2D eigenvalue weighted by atomic mass is 10.3. The zero-order chi connectivity index (χ0) is 12.8. The van der Waals surface area contributed by atoms with Gasteiger partial charge < -0.3 is 10.6 Å². The van der Waals surface area contributed by atoms with Gasteiger partial charge >= 0.3 is 6.03 Å². The summed E-state index contributed by atoms with van der Waals surface area (Å²) in [5.74, 6) is 0. The van der Waals surface area contributed by atoms with Crippen molar-refractivity contribution in [1.82, 2.24) is 15.1 Å². The van der Waals surface area contributed by atoms with Crippen LogP contribution in [0.4, 0.5) is 10.5 Å². The van der Waals surface area contributed by atoms with Crippen molar-refractivity contribution < 1.29 is 4.79 Å². The Balaban J connectivity index is 1.80. The molecule has 2 rings (SSSR count). The van der Waals surface area contributed by atoms with Crippen LogP contribution in [0.3, 0.4) is 0 Å². The minimum atomic E-state index is -0.208. The number of carbonyl (C=O) groups is 1. The van der Waals surface area contributed by atoms with Crippen LogP contribution in [-0.4, -0.2) is 21.9 Å². The molecule has 0 radical (unpaired) electrons. The number of benzene rings is 1. The third kappa shape index (κ3) is 3.62. The van der Waals surface area contributed by atoms with E-state index in [4.69, 9.17) is 0 Å². The number of urea groups is 1. The predicted molar refractivity (Wildman–Crippen MR) is 70.3 cm³/mol. The Morgan fingerprint density at radius 2 is 2.11 bits per heavy atom. The highest BCUT2D eigenvalue weighted by atomic mass is 16.2. The smallest absolute Gasteiger partial charge is 0.319 e. The summed E-state index contributed by atoms with van der Waals surface area (Å²) < 4.78 is 1.79. The first-order chi connectivity index (χ1) is 8.74. The van der Waals surface area contributed by atoms with E-state index in [0.29, 0.717) is 6.54 Å². The Bertz CT molecular complexity index is 481. The Labute approximate surface area is 106 Å². The molecular weight excluding hydrogens is 228 g/mol. The zero-order valence-corrected chi connectivity index (χ0v) is 10.2. The summed E-state index contributed by atoms with van der Waals surface area (Å²) in [6.45, 7) is 2.58. The van der Waals surface area contributed by atoms with Crippen molar-refractivity contribution in [2.75, 3.05) is 5.32 Å². The summed E-state index contributed by atoms with van der Waals surface area (Å²) in [6.07, 6.45) is 3.59. The van der Waals surface area contributed by atoms with Gasteiger partial charge in [-0.2, -0.15) is 5.10 Å². The van der Waals surface area contributed by atoms with E-state index in [1.54, 1.807) is 10.9 Å². The van der Waals surface area contributed by atoms with Crippen LogP contribution < -0.4 is 10.6 Å². The molecule has 1 atom stereocenters. The highest BCUT2D eigenvalue weighted by Crippen LogP contribution is 2.04. The Morgan fingerprint density at radius 1 is 1.33 bits per heavy atom. The minimum Gasteiger partial charge on any atom is -0.334 e. The van der Waals surface area contributed by atoms with Crippen molar-refractivity contribution in [2.24, 2.45) is 0 Å². The summed E-state index contributed by atoms with van der Waals surface area (Å²) in [6, 6.07) is 11.0. The van der Waals surface area contributed by atoms with Crippen molar-refractivity contribution in [1.29, 1.82) is 0 Å². The minimum absolute atomic E-state index is 0.00797. The van der Waals surface area contributed by atoms with E-state index in [0.717, 1.165) is 5.69 Å². The number of carbonyl (C=O) groups excluding carboxylic acids is 1. The van der Waals surface area contributed by atoms with E-state index in [9.17, 15) is 4.79 Å². The van der Waals surface area contributed by atoms with Crippen molar-refractivity contribution in [3.63, 3.8) is 0 Å². The number of para-hydroxylation sites is 1. The summed E-state index contributed by atoms with van der Waals surface area (Å²) in [4.78, 5) is 11.7. The average Bonchev–Trinajstić information content (AvgIpc) is 2.82. The summed E-state index contributed by atoms with van der Waals surface area (Å²) in [5, 5.41) is 9.72. The lowest BCUT2D eigenvalue weighted by Gasteiger charge is -2.14. The van der Waals surface area contributed by atoms with E-state index < -0.39 is 0 Å². The Kier molecular flexibility index (Phi) is 3.96. The van der Waals surface area contributed by atoms with Crippen LogP contribution >= 0.6 is 0 Å². The Morgan fingerprint density at radius 3 is 2.78 bits per heavy atom. The van der Waals surface area contributed by atoms with Crippen LogP contribution in [0.1, 0.15) is 6.92 Å². The third-order valence-corrected chi connectivity index (χ3v) is 2.43. The molecule has 0 bridgehead atoms. The molecule has 5 nitrogen and oxygen atoms in total. The molecule has 1 heterocycles. The van der Waals surface area contributed by atoms with Crippen molar-refractivity contribution in [3.8, 4) is 0 Å². The summed E-state index contributed by atoms with van der Waals surface area (Å²) in [7, 11) is 0. The number of rotatable bonds is 4. The maximum atomic E-state index is 11.7. The highest BCUT2D eigenvalue weighted by Gasteiger charge is 2.07. The number of nitrogens with one attached hydrogen (secondary N) is 2. The molecule has 0 unspecified atom stereocenters. The molecule has 1 aromatic heterocycles. The number of amides is 2. The second-order valence-electron chi connectivity index (χ2n) is 4.09. The highest BCUT2D eigenvalue weighted by molar-refractivity contribution is 5.89. The van der Waals surface area contributed by atoms with E-state index in [-0.39, 0.29) is 12.1 Å². The van der Waals surface area contributed by atoms with E-state index >= 15 is 0 Å². The van der Waals surface area contributed by atoms with Crippen molar-refractivity contribution in [2.45, 2.75) is 19.5 Å². The fraction of sp³-hybridized carbons (Fsp3) is 0.231. The monoisotopic (exact) mass is 244 g/mol. The fourth-order valence-corrected chi connectivity index (χ4v) is 1.65. The molecule has 5 heteroatoms. The van der Waals surface area contributed by atoms with Gasteiger partial charge in [0.15, 0.2) is 0 Å². The quantitative estimate of drug-likeness (QED) is 0.865. The molecule has 0 fully saturated rings. The third-order valence-electron chi connectivity index (χ3n) is 2.43. The normalized spacial score (nSPS) is 11.8. The molecule has 0 saturated heterocycles. The lowest BCUT2D eigenvalue weighted by molar-refractivity contribution is 0.247. The number of hydrogen-bond donors (Lipinski definition) is 2. The summed E-state index contributed by atoms with van der Waals surface area (Å²) >= 11 is 0. The molecule has 0 spiro atoms. The fourth-order valence-electron chi connectivity index (χ4n) is 1.65. The molecule has 0 aliphatic rings. The number of anilines is 1. The first-order valence-corrected chi connectivity index (χ1v) is 5.84. The van der Waals surface area contributed by atoms with Gasteiger partial charge in [0.25, 0.3) is 0 Å². The topological polar surface area (TPSA) is 59.0 Å². The largest absolute Gasteiger partial charge is 0.334 e. The Hall–Kier alpha value is -2.30. The van der Waals surface area contributed by atoms with Gasteiger partial charge in [-0.15, -0.1) is 0 Å². The molecule has 0 aliphatic carbocycles. The van der Waals surface area contributed by atoms with Gasteiger partial charge in [0, 0.05) is 24.1 Å². The van der Waals surface area contributed by atoms with Gasteiger partial charge in [-0.3, -0.25) is 4.68 Å². The van der Waals surface area contributed by atoms with Gasteiger partial charge in [-0.25, -0.2) is 4.79 Å². The van der Waals surface area contributed by atoms with Crippen LogP contribution in [0, 0.1) is 0 Å². The van der Waals surface area contributed by atoms with Gasteiger partial charge in [-0.05, 0) is 25.1 Å². The summed E-state index contributed by atoms with van der Waals surface area (Å²) in [5.41, 5.74) is 0.779. The van der Waals surface area contributed by atoms with Gasteiger partial charge in [0.2, 0.25) is 0 Å². The van der Waals surface area contributed by atoms with E-state index in [2.05, 4.69) is 15.7 Å². The predicted octanol–water partition coefficient (Wildman–Crippen LogP) is 2.09. The molecule has 0 aliphatic heterocycles. The molecule has 18 heavy (non-hydrogen) atoms. The molecular formula is C13H16N4O. The van der Waals surface area contributed by atoms with Crippen LogP contribution in [-0.2, 0) is 6.54 Å². The molecule has 1 aromatic carbocycles. The average molecular weight is 244 g/mol. The van der Waals surface area contributed by atoms with Crippen molar-refractivity contribution >= 4 is 11.7 Å². The zero-order valence-electron chi connectivity index (χ0n) is 10.2. The van der Waals surface area contributed by atoms with Crippen molar-refractivity contribution in [3.05, 3.63) is 48.8 Å². The van der Waals surface area contributed by atoms with Crippen LogP contribution in [0.25, 0.3) is 0 Å². The van der Waals surface area contributed by atoms with Gasteiger partial charge in [0.05, 0.1) is 6.54 Å². The second-order valence-corrected chi connectivity index (χ2v) is 4.09. The van der Waals surface area contributed by atoms with Crippen LogP contribution in [0.2, 0.25) is 0 Å². The maximum absolute atomic E-state index is 11.7. The molecule has 0 saturated carbocycles. The number of nitrogens with zero attached hydrogens (tertiary/aromatic N) is 2. The first kappa shape index (κ1) is 12.2.